The van der Waals surface area contributed by atoms with E-state index in [1.807, 2.05) is 0 Å². The zero-order valence-corrected chi connectivity index (χ0v) is 22.9. The highest BCUT2D eigenvalue weighted by Gasteiger charge is 2.65. The van der Waals surface area contributed by atoms with Crippen LogP contribution in [0.2, 0.25) is 0 Å². The molecule has 210 valence electrons. The Morgan fingerprint density at radius 2 is 1.68 bits per heavy atom. The molecule has 0 aromatic carbocycles. The molecule has 8 heteroatoms. The Bertz CT molecular complexity index is 874. The quantitative estimate of drug-likeness (QED) is 0.409. The number of esters is 2. The van der Waals surface area contributed by atoms with Crippen molar-refractivity contribution in [2.75, 3.05) is 7.11 Å². The van der Waals surface area contributed by atoms with Crippen LogP contribution in [0.5, 0.6) is 0 Å². The normalized spacial score (nSPS) is 43.6. The number of fused-ring (bicyclic) bond motifs is 5. The molecule has 0 aromatic heterocycles. The molecule has 4 aliphatic carbocycles. The van der Waals surface area contributed by atoms with Crippen LogP contribution in [-0.4, -0.2) is 58.6 Å². The number of ether oxygens (including phenoxy) is 2. The second kappa shape index (κ2) is 10.8. The number of aliphatic carboxylic acids is 1. The molecular weight excluding hydrogens is 476 g/mol. The van der Waals surface area contributed by atoms with Crippen molar-refractivity contribution in [1.29, 1.82) is 0 Å². The lowest BCUT2D eigenvalue weighted by molar-refractivity contribution is -0.209. The van der Waals surface area contributed by atoms with E-state index in [-0.39, 0.29) is 65.3 Å². The molecule has 0 heterocycles. The topological polar surface area (TPSA) is 130 Å². The van der Waals surface area contributed by atoms with Gasteiger partial charge in [0.15, 0.2) is 0 Å². The van der Waals surface area contributed by atoms with E-state index in [9.17, 15) is 24.6 Å². The summed E-state index contributed by atoms with van der Waals surface area (Å²) >= 11 is 0. The molecule has 0 aliphatic heterocycles. The molecule has 4 aliphatic rings. The second-order valence-electron chi connectivity index (χ2n) is 13.0. The van der Waals surface area contributed by atoms with Gasteiger partial charge in [-0.05, 0) is 97.7 Å². The van der Waals surface area contributed by atoms with Crippen molar-refractivity contribution >= 4 is 17.9 Å². The van der Waals surface area contributed by atoms with Crippen LogP contribution in [0.1, 0.15) is 91.4 Å². The van der Waals surface area contributed by atoms with Crippen LogP contribution >= 0.6 is 0 Å². The minimum atomic E-state index is -1.01. The molecule has 8 nitrogen and oxygen atoms in total. The van der Waals surface area contributed by atoms with Crippen LogP contribution in [0, 0.1) is 46.3 Å². The number of hydrogen-bond donors (Lipinski definition) is 3. The number of carbonyl (C=O) groups excluding carboxylic acids is 2. The first-order valence-corrected chi connectivity index (χ1v) is 14.3. The van der Waals surface area contributed by atoms with E-state index in [0.29, 0.717) is 31.6 Å². The van der Waals surface area contributed by atoms with Gasteiger partial charge >= 0.3 is 17.9 Å². The maximum atomic E-state index is 12.1. The average Bonchev–Trinajstić information content (AvgIpc) is 3.21. The van der Waals surface area contributed by atoms with E-state index < -0.39 is 24.1 Å². The van der Waals surface area contributed by atoms with Crippen molar-refractivity contribution in [3.05, 3.63) is 0 Å². The number of rotatable bonds is 8. The third-order valence-electron chi connectivity index (χ3n) is 11.4. The van der Waals surface area contributed by atoms with Crippen LogP contribution in [0.15, 0.2) is 0 Å². The van der Waals surface area contributed by atoms with Gasteiger partial charge in [-0.25, -0.2) is 0 Å². The van der Waals surface area contributed by atoms with Crippen molar-refractivity contribution in [2.45, 2.75) is 110 Å². The molecule has 4 fully saturated rings. The summed E-state index contributed by atoms with van der Waals surface area (Å²) in [5, 5.41) is 32.1. The average molecular weight is 523 g/mol. The number of carboxylic acid groups (broad SMARTS) is 1. The minimum Gasteiger partial charge on any atom is -0.481 e. The maximum Gasteiger partial charge on any atom is 0.306 e. The molecule has 0 spiro atoms. The summed E-state index contributed by atoms with van der Waals surface area (Å²) in [4.78, 5) is 34.7. The number of carbonyl (C=O) groups is 3. The van der Waals surface area contributed by atoms with E-state index in [1.165, 1.54) is 7.11 Å². The molecule has 37 heavy (non-hydrogen) atoms. The lowest BCUT2D eigenvalue weighted by Crippen LogP contribution is -2.62. The smallest absolute Gasteiger partial charge is 0.306 e. The summed E-state index contributed by atoms with van der Waals surface area (Å²) < 4.78 is 10.5. The van der Waals surface area contributed by atoms with E-state index in [1.54, 1.807) is 0 Å². The number of carboxylic acids is 1. The SMILES string of the molecule is COC(=O)CC[C@H](C)[C@@H]1CC[C@@H]2[C@H]3[C@H](O)C[C@H]4C[C@@H](OC(=O)CCC(=O)O)CC[C@]4(C)[C@@H]3C[C@@H](O)[C@@]21C. The fourth-order valence-electron chi connectivity index (χ4n) is 9.32. The van der Waals surface area contributed by atoms with Crippen LogP contribution in [0.4, 0.5) is 0 Å². The third-order valence-corrected chi connectivity index (χ3v) is 11.4. The molecule has 3 N–H and O–H groups in total. The zero-order valence-electron chi connectivity index (χ0n) is 22.9. The zero-order chi connectivity index (χ0) is 27.1. The number of methoxy groups -OCH3 is 1. The van der Waals surface area contributed by atoms with Gasteiger partial charge in [-0.15, -0.1) is 0 Å². The molecule has 0 amide bonds. The maximum absolute atomic E-state index is 12.1. The monoisotopic (exact) mass is 522 g/mol. The summed E-state index contributed by atoms with van der Waals surface area (Å²) in [6, 6.07) is 0. The Kier molecular flexibility index (Phi) is 8.30. The van der Waals surface area contributed by atoms with Crippen LogP contribution in [0.3, 0.4) is 0 Å². The Morgan fingerprint density at radius 3 is 2.35 bits per heavy atom. The standard InChI is InChI=1S/C29H46O8/c1-16(5-9-25(34)36-4)19-6-7-20-27-21(15-23(31)29(19,20)3)28(2)12-11-18(13-17(28)14-22(27)30)37-26(35)10-8-24(32)33/h16-23,27,30-31H,5-15H2,1-4H3,(H,32,33)/t16-,17+,18-,19-,20+,21+,22+,23+,27+,28-,29+/m0/s1. The van der Waals surface area contributed by atoms with Crippen LogP contribution in [0.25, 0.3) is 0 Å². The molecule has 0 bridgehead atoms. The minimum absolute atomic E-state index is 0.0369. The first-order chi connectivity index (χ1) is 17.4. The summed E-state index contributed by atoms with van der Waals surface area (Å²) in [5.41, 5.74) is -0.317. The van der Waals surface area contributed by atoms with Gasteiger partial charge in [-0.3, -0.25) is 14.4 Å². The predicted molar refractivity (Wildman–Crippen MR) is 135 cm³/mol. The summed E-state index contributed by atoms with van der Waals surface area (Å²) in [5.74, 6) is -0.289. The lowest BCUT2D eigenvalue weighted by Gasteiger charge is -2.63. The van der Waals surface area contributed by atoms with E-state index in [0.717, 1.165) is 32.1 Å². The van der Waals surface area contributed by atoms with Crippen molar-refractivity contribution in [1.82, 2.24) is 0 Å². The fraction of sp³-hybridized carbons (Fsp3) is 0.897. The molecule has 0 saturated heterocycles. The lowest BCUT2D eigenvalue weighted by atomic mass is 9.43. The first-order valence-electron chi connectivity index (χ1n) is 14.3. The Labute approximate surface area is 220 Å². The fourth-order valence-corrected chi connectivity index (χ4v) is 9.32. The largest absolute Gasteiger partial charge is 0.481 e. The van der Waals surface area contributed by atoms with Crippen molar-refractivity contribution in [2.24, 2.45) is 46.3 Å². The highest BCUT2D eigenvalue weighted by atomic mass is 16.5. The molecule has 0 unspecified atom stereocenters. The molecule has 11 atom stereocenters. The molecule has 4 saturated carbocycles. The number of aliphatic hydroxyl groups excluding tert-OH is 2. The van der Waals surface area contributed by atoms with Gasteiger partial charge in [-0.1, -0.05) is 20.8 Å². The third kappa shape index (κ3) is 5.17. The van der Waals surface area contributed by atoms with Crippen LogP contribution < -0.4 is 0 Å². The van der Waals surface area contributed by atoms with Crippen molar-refractivity contribution in [3.63, 3.8) is 0 Å². The van der Waals surface area contributed by atoms with Gasteiger partial charge in [0.05, 0.1) is 32.2 Å². The number of aliphatic hydroxyl groups is 2. The van der Waals surface area contributed by atoms with Gasteiger partial charge in [-0.2, -0.15) is 0 Å². The molecule has 4 rings (SSSR count). The van der Waals surface area contributed by atoms with Crippen LogP contribution in [-0.2, 0) is 23.9 Å². The van der Waals surface area contributed by atoms with E-state index in [4.69, 9.17) is 14.6 Å². The summed E-state index contributed by atoms with van der Waals surface area (Å²) in [6.07, 6.45) is 5.26. The highest BCUT2D eigenvalue weighted by Crippen LogP contribution is 2.68. The number of hydrogen-bond acceptors (Lipinski definition) is 7. The van der Waals surface area contributed by atoms with Crippen molar-refractivity contribution < 1.29 is 39.2 Å². The van der Waals surface area contributed by atoms with Gasteiger partial charge in [0.25, 0.3) is 0 Å². The molecular formula is C29H46O8. The first kappa shape index (κ1) is 28.3. The predicted octanol–water partition coefficient (Wildman–Crippen LogP) is 3.95. The van der Waals surface area contributed by atoms with Gasteiger partial charge in [0, 0.05) is 6.42 Å². The molecule has 0 aromatic rings. The van der Waals surface area contributed by atoms with Crippen molar-refractivity contribution in [3.8, 4) is 0 Å². The highest BCUT2D eigenvalue weighted by molar-refractivity contribution is 5.76. The van der Waals surface area contributed by atoms with Gasteiger partial charge in [0.2, 0.25) is 0 Å². The Morgan fingerprint density at radius 1 is 0.946 bits per heavy atom. The Hall–Kier alpha value is -1.67. The second-order valence-corrected chi connectivity index (χ2v) is 13.0. The summed E-state index contributed by atoms with van der Waals surface area (Å²) in [7, 11) is 1.42. The van der Waals surface area contributed by atoms with E-state index >= 15 is 0 Å². The molecule has 0 radical (unpaired) electrons. The van der Waals surface area contributed by atoms with Gasteiger partial charge in [0.1, 0.15) is 6.10 Å². The Balaban J connectivity index is 1.47. The van der Waals surface area contributed by atoms with Gasteiger partial charge < -0.3 is 24.8 Å². The van der Waals surface area contributed by atoms with E-state index in [2.05, 4.69) is 20.8 Å². The summed E-state index contributed by atoms with van der Waals surface area (Å²) in [6.45, 7) is 6.72.